The molecule has 0 bridgehead atoms. The van der Waals surface area contributed by atoms with Crippen LogP contribution in [0.25, 0.3) is 0 Å². The molecular weight excluding hydrogens is 240 g/mol. The summed E-state index contributed by atoms with van der Waals surface area (Å²) in [6, 6.07) is 6.33. The molecule has 0 radical (unpaired) electrons. The summed E-state index contributed by atoms with van der Waals surface area (Å²) in [5, 5.41) is 0.848. The molecule has 1 fully saturated rings. The minimum atomic E-state index is 0.652. The molecule has 0 spiro atoms. The van der Waals surface area contributed by atoms with Crippen molar-refractivity contribution in [3.63, 3.8) is 0 Å². The molecule has 0 amide bonds. The van der Waals surface area contributed by atoms with Crippen LogP contribution in [0, 0.1) is 0 Å². The lowest BCUT2D eigenvalue weighted by Crippen LogP contribution is -2.32. The van der Waals surface area contributed by atoms with Gasteiger partial charge in [-0.15, -0.1) is 0 Å². The molecule has 2 nitrogen and oxygen atoms in total. The average molecular weight is 257 g/mol. The van der Waals surface area contributed by atoms with E-state index in [1.807, 2.05) is 11.8 Å². The Hall–Kier alpha value is -0.380. The highest BCUT2D eigenvalue weighted by molar-refractivity contribution is 7.99. The van der Waals surface area contributed by atoms with Gasteiger partial charge in [-0.25, -0.2) is 0 Å². The van der Waals surface area contributed by atoms with Crippen LogP contribution in [-0.2, 0) is 6.42 Å². The van der Waals surface area contributed by atoms with Gasteiger partial charge in [-0.05, 0) is 30.7 Å². The number of rotatable bonds is 3. The van der Waals surface area contributed by atoms with Crippen molar-refractivity contribution in [2.75, 3.05) is 36.0 Å². The maximum Gasteiger partial charge on any atom is 0.0459 e. The summed E-state index contributed by atoms with van der Waals surface area (Å²) in [6.45, 7) is 2.90. The van der Waals surface area contributed by atoms with Crippen LogP contribution < -0.4 is 10.6 Å². The second-order valence-electron chi connectivity index (χ2n) is 3.91. The molecule has 0 aliphatic carbocycles. The Kier molecular flexibility index (Phi) is 4.38. The van der Waals surface area contributed by atoms with Crippen molar-refractivity contribution in [3.8, 4) is 0 Å². The topological polar surface area (TPSA) is 29.3 Å². The van der Waals surface area contributed by atoms with Gasteiger partial charge in [0.1, 0.15) is 0 Å². The smallest absolute Gasteiger partial charge is 0.0459 e. The quantitative estimate of drug-likeness (QED) is 0.901. The third-order valence-corrected chi connectivity index (χ3v) is 4.12. The van der Waals surface area contributed by atoms with Gasteiger partial charge in [0.2, 0.25) is 0 Å². The molecule has 1 saturated heterocycles. The molecule has 88 valence electrons. The molecule has 4 heteroatoms. The molecule has 0 unspecified atom stereocenters. The van der Waals surface area contributed by atoms with Gasteiger partial charge in [0.05, 0.1) is 0 Å². The molecule has 2 N–H and O–H groups in total. The van der Waals surface area contributed by atoms with Crippen LogP contribution in [0.4, 0.5) is 5.69 Å². The molecule has 0 aromatic heterocycles. The lowest BCUT2D eigenvalue weighted by Gasteiger charge is -2.28. The third kappa shape index (κ3) is 2.84. The van der Waals surface area contributed by atoms with Gasteiger partial charge in [0.15, 0.2) is 0 Å². The van der Waals surface area contributed by atoms with E-state index in [-0.39, 0.29) is 0 Å². The predicted octanol–water partition coefficient (Wildman–Crippen LogP) is 2.39. The Labute approximate surface area is 106 Å². The Bertz CT molecular complexity index is 351. The van der Waals surface area contributed by atoms with Crippen LogP contribution in [0.5, 0.6) is 0 Å². The lowest BCUT2D eigenvalue weighted by atomic mass is 10.1. The summed E-state index contributed by atoms with van der Waals surface area (Å²) in [7, 11) is 0. The number of anilines is 1. The lowest BCUT2D eigenvalue weighted by molar-refractivity contribution is 0.857. The first kappa shape index (κ1) is 12.1. The summed E-state index contributed by atoms with van der Waals surface area (Å²) >= 11 is 8.26. The molecule has 1 aromatic rings. The second-order valence-corrected chi connectivity index (χ2v) is 5.55. The maximum atomic E-state index is 6.24. The number of nitrogens with zero attached hydrogens (tertiary/aromatic N) is 1. The fourth-order valence-electron chi connectivity index (χ4n) is 1.91. The van der Waals surface area contributed by atoms with Gasteiger partial charge in [-0.2, -0.15) is 11.8 Å². The first-order valence-electron chi connectivity index (χ1n) is 5.62. The van der Waals surface area contributed by atoms with Crippen molar-refractivity contribution in [3.05, 3.63) is 28.8 Å². The van der Waals surface area contributed by atoms with Crippen molar-refractivity contribution in [1.29, 1.82) is 0 Å². The number of hydrogen-bond donors (Lipinski definition) is 1. The number of halogens is 1. The normalized spacial score (nSPS) is 16.5. The zero-order chi connectivity index (χ0) is 11.4. The fourth-order valence-corrected chi connectivity index (χ4v) is 3.09. The van der Waals surface area contributed by atoms with Gasteiger partial charge < -0.3 is 10.6 Å². The number of hydrogen-bond acceptors (Lipinski definition) is 3. The molecule has 1 aromatic carbocycles. The van der Waals surface area contributed by atoms with Gasteiger partial charge in [0.25, 0.3) is 0 Å². The maximum absolute atomic E-state index is 6.24. The third-order valence-electron chi connectivity index (χ3n) is 2.83. The van der Waals surface area contributed by atoms with E-state index < -0.39 is 0 Å². The second kappa shape index (κ2) is 5.80. The molecule has 0 atom stereocenters. The van der Waals surface area contributed by atoms with Crippen LogP contribution in [0.1, 0.15) is 5.56 Å². The SMILES string of the molecule is NCCc1ccc(N2CCSCC2)cc1Cl. The van der Waals surface area contributed by atoms with Crippen molar-refractivity contribution in [2.45, 2.75) is 6.42 Å². The monoisotopic (exact) mass is 256 g/mol. The summed E-state index contributed by atoms with van der Waals surface area (Å²) in [5.41, 5.74) is 7.93. The van der Waals surface area contributed by atoms with E-state index in [4.69, 9.17) is 17.3 Å². The molecular formula is C12H17ClN2S. The van der Waals surface area contributed by atoms with Crippen LogP contribution in [0.2, 0.25) is 5.02 Å². The summed E-state index contributed by atoms with van der Waals surface area (Å²) in [6.07, 6.45) is 0.856. The molecule has 16 heavy (non-hydrogen) atoms. The van der Waals surface area contributed by atoms with Crippen molar-refractivity contribution in [2.24, 2.45) is 5.73 Å². The standard InChI is InChI=1S/C12H17ClN2S/c13-12-9-11(2-1-10(12)3-4-14)15-5-7-16-8-6-15/h1-2,9H,3-8,14H2. The van der Waals surface area contributed by atoms with Crippen LogP contribution in [0.15, 0.2) is 18.2 Å². The summed E-state index contributed by atoms with van der Waals surface area (Å²) < 4.78 is 0. The highest BCUT2D eigenvalue weighted by Gasteiger charge is 2.12. The molecule has 1 heterocycles. The minimum Gasteiger partial charge on any atom is -0.370 e. The average Bonchev–Trinajstić information content (AvgIpc) is 2.33. The Morgan fingerprint density at radius 1 is 1.31 bits per heavy atom. The predicted molar refractivity (Wildman–Crippen MR) is 73.7 cm³/mol. The van der Waals surface area contributed by atoms with Gasteiger partial charge in [0, 0.05) is 35.3 Å². The summed E-state index contributed by atoms with van der Waals surface area (Å²) in [5.74, 6) is 2.42. The van der Waals surface area contributed by atoms with E-state index >= 15 is 0 Å². The van der Waals surface area contributed by atoms with E-state index in [1.54, 1.807) is 0 Å². The van der Waals surface area contributed by atoms with E-state index in [1.165, 1.54) is 17.2 Å². The zero-order valence-electron chi connectivity index (χ0n) is 9.29. The number of nitrogens with two attached hydrogens (primary N) is 1. The Morgan fingerprint density at radius 2 is 2.06 bits per heavy atom. The van der Waals surface area contributed by atoms with Crippen molar-refractivity contribution < 1.29 is 0 Å². The molecule has 1 aliphatic heterocycles. The van der Waals surface area contributed by atoms with Crippen molar-refractivity contribution in [1.82, 2.24) is 0 Å². The van der Waals surface area contributed by atoms with E-state index in [2.05, 4.69) is 23.1 Å². The van der Waals surface area contributed by atoms with E-state index in [9.17, 15) is 0 Å². The molecule has 2 rings (SSSR count). The number of thioether (sulfide) groups is 1. The van der Waals surface area contributed by atoms with Gasteiger partial charge in [-0.3, -0.25) is 0 Å². The molecule has 1 aliphatic rings. The van der Waals surface area contributed by atoms with E-state index in [0.29, 0.717) is 6.54 Å². The highest BCUT2D eigenvalue weighted by atomic mass is 35.5. The van der Waals surface area contributed by atoms with Crippen LogP contribution in [-0.4, -0.2) is 31.1 Å². The Morgan fingerprint density at radius 3 is 2.69 bits per heavy atom. The summed E-state index contributed by atoms with van der Waals surface area (Å²) in [4.78, 5) is 2.40. The van der Waals surface area contributed by atoms with E-state index in [0.717, 1.165) is 30.1 Å². The van der Waals surface area contributed by atoms with Crippen LogP contribution >= 0.6 is 23.4 Å². The highest BCUT2D eigenvalue weighted by Crippen LogP contribution is 2.25. The van der Waals surface area contributed by atoms with Crippen LogP contribution in [0.3, 0.4) is 0 Å². The molecule has 0 saturated carbocycles. The fraction of sp³-hybridized carbons (Fsp3) is 0.500. The Balaban J connectivity index is 2.13. The van der Waals surface area contributed by atoms with Gasteiger partial charge >= 0.3 is 0 Å². The number of benzene rings is 1. The minimum absolute atomic E-state index is 0.652. The zero-order valence-corrected chi connectivity index (χ0v) is 10.9. The van der Waals surface area contributed by atoms with Gasteiger partial charge in [-0.1, -0.05) is 17.7 Å². The van der Waals surface area contributed by atoms with Crippen molar-refractivity contribution >= 4 is 29.1 Å². The first-order valence-corrected chi connectivity index (χ1v) is 7.15. The first-order chi connectivity index (χ1) is 7.81. The largest absolute Gasteiger partial charge is 0.370 e.